The lowest BCUT2D eigenvalue weighted by atomic mass is 9.96. The molecule has 2 amide bonds. The van der Waals surface area contributed by atoms with Crippen molar-refractivity contribution < 1.29 is 23.5 Å². The van der Waals surface area contributed by atoms with Crippen molar-refractivity contribution in [2.75, 3.05) is 25.4 Å². The lowest BCUT2D eigenvalue weighted by Crippen LogP contribution is -2.43. The van der Waals surface area contributed by atoms with E-state index in [4.69, 9.17) is 16.2 Å². The van der Waals surface area contributed by atoms with E-state index in [1.54, 1.807) is 0 Å². The first-order valence-electron chi connectivity index (χ1n) is 7.17. The molecule has 1 aromatic rings. The second kappa shape index (κ2) is 7.08. The molecule has 0 radical (unpaired) electrons. The molecule has 0 saturated carbocycles. The van der Waals surface area contributed by atoms with Gasteiger partial charge in [0.05, 0.1) is 5.56 Å². The lowest BCUT2D eigenvalue weighted by Gasteiger charge is -2.30. The zero-order chi connectivity index (χ0) is 17.0. The molecule has 0 aliphatic carbocycles. The van der Waals surface area contributed by atoms with Crippen LogP contribution in [0.15, 0.2) is 18.2 Å². The first-order chi connectivity index (χ1) is 10.9. The number of halogens is 1. The predicted molar refractivity (Wildman–Crippen MR) is 79.6 cm³/mol. The molecule has 1 aliphatic heterocycles. The van der Waals surface area contributed by atoms with Crippen molar-refractivity contribution in [3.63, 3.8) is 0 Å². The fraction of sp³-hybridized carbons (Fsp3) is 0.400. The van der Waals surface area contributed by atoms with Crippen LogP contribution in [0, 0.1) is 11.7 Å². The fourth-order valence-electron chi connectivity index (χ4n) is 2.43. The minimum absolute atomic E-state index is 0.00615. The summed E-state index contributed by atoms with van der Waals surface area (Å²) in [6.07, 6.45) is 1.000. The number of primary amides is 1. The quantitative estimate of drug-likeness (QED) is 0.610. The summed E-state index contributed by atoms with van der Waals surface area (Å²) in [6.45, 7) is 0.349. The number of nitrogen functional groups attached to an aromatic ring is 1. The normalized spacial score (nSPS) is 15.3. The Hall–Kier alpha value is -2.64. The molecule has 8 heteroatoms. The Morgan fingerprint density at radius 1 is 1.26 bits per heavy atom. The van der Waals surface area contributed by atoms with Gasteiger partial charge in [0.25, 0.3) is 5.91 Å². The van der Waals surface area contributed by atoms with E-state index in [9.17, 15) is 18.8 Å². The zero-order valence-corrected chi connectivity index (χ0v) is 12.5. The van der Waals surface area contributed by atoms with Gasteiger partial charge >= 0.3 is 5.97 Å². The number of likely N-dealkylation sites (tertiary alicyclic amines) is 1. The first-order valence-corrected chi connectivity index (χ1v) is 7.17. The second-order valence-electron chi connectivity index (χ2n) is 5.37. The minimum atomic E-state index is -0.789. The van der Waals surface area contributed by atoms with Crippen LogP contribution in [0.25, 0.3) is 0 Å². The molecule has 1 aromatic carbocycles. The van der Waals surface area contributed by atoms with E-state index in [1.807, 2.05) is 0 Å². The van der Waals surface area contributed by atoms with Crippen LogP contribution >= 0.6 is 0 Å². The molecule has 1 saturated heterocycles. The number of ether oxygens (including phenoxy) is 1. The molecule has 0 unspecified atom stereocenters. The topological polar surface area (TPSA) is 116 Å². The van der Waals surface area contributed by atoms with Crippen molar-refractivity contribution in [1.29, 1.82) is 0 Å². The average Bonchev–Trinajstić information content (AvgIpc) is 2.52. The Kier molecular flexibility index (Phi) is 5.15. The van der Waals surface area contributed by atoms with Crippen LogP contribution in [-0.4, -0.2) is 42.4 Å². The molecule has 23 heavy (non-hydrogen) atoms. The van der Waals surface area contributed by atoms with Crippen LogP contribution in [0.2, 0.25) is 0 Å². The van der Waals surface area contributed by atoms with Crippen molar-refractivity contribution in [3.05, 3.63) is 29.6 Å². The van der Waals surface area contributed by atoms with E-state index in [2.05, 4.69) is 0 Å². The number of hydrogen-bond donors (Lipinski definition) is 2. The highest BCUT2D eigenvalue weighted by atomic mass is 19.1. The third-order valence-electron chi connectivity index (χ3n) is 3.81. The number of carbonyl (C=O) groups excluding carboxylic acids is 3. The second-order valence-corrected chi connectivity index (χ2v) is 5.37. The molecule has 0 bridgehead atoms. The molecule has 124 valence electrons. The van der Waals surface area contributed by atoms with Gasteiger partial charge in [-0.1, -0.05) is 0 Å². The van der Waals surface area contributed by atoms with E-state index < -0.39 is 18.4 Å². The van der Waals surface area contributed by atoms with Gasteiger partial charge in [-0.3, -0.25) is 9.59 Å². The van der Waals surface area contributed by atoms with Crippen molar-refractivity contribution in [2.24, 2.45) is 11.7 Å². The van der Waals surface area contributed by atoms with E-state index in [1.165, 1.54) is 11.0 Å². The van der Waals surface area contributed by atoms with Crippen molar-refractivity contribution in [2.45, 2.75) is 12.8 Å². The van der Waals surface area contributed by atoms with Crippen molar-refractivity contribution in [1.82, 2.24) is 4.90 Å². The number of nitrogens with two attached hydrogens (primary N) is 2. The molecule has 4 N–H and O–H groups in total. The first kappa shape index (κ1) is 16.7. The Morgan fingerprint density at radius 2 is 1.91 bits per heavy atom. The van der Waals surface area contributed by atoms with Gasteiger partial charge in [-0.2, -0.15) is 0 Å². The summed E-state index contributed by atoms with van der Waals surface area (Å²) >= 11 is 0. The van der Waals surface area contributed by atoms with E-state index in [0.717, 1.165) is 12.1 Å². The summed E-state index contributed by atoms with van der Waals surface area (Å²) in [6, 6.07) is 3.30. The van der Waals surface area contributed by atoms with Gasteiger partial charge in [0, 0.05) is 24.7 Å². The predicted octanol–water partition coefficient (Wildman–Crippen LogP) is 0.289. The standard InChI is InChI=1S/C15H18FN3O4/c16-10-1-2-11(12(17)7-10)15(22)23-8-13(20)19-5-3-9(4-6-19)14(18)21/h1-2,7,9H,3-6,8,17H2,(H2,18,21). The monoisotopic (exact) mass is 323 g/mol. The number of nitrogens with zero attached hydrogens (tertiary/aromatic N) is 1. The van der Waals surface area contributed by atoms with Crippen LogP contribution in [-0.2, 0) is 14.3 Å². The van der Waals surface area contributed by atoms with Gasteiger partial charge in [0.1, 0.15) is 5.82 Å². The summed E-state index contributed by atoms with van der Waals surface area (Å²) in [4.78, 5) is 36.4. The van der Waals surface area contributed by atoms with Gasteiger partial charge in [0.2, 0.25) is 5.91 Å². The molecule has 0 spiro atoms. The third kappa shape index (κ3) is 4.18. The Labute approximate surface area is 132 Å². The highest BCUT2D eigenvalue weighted by Gasteiger charge is 2.26. The number of benzene rings is 1. The number of esters is 1. The molecule has 7 nitrogen and oxygen atoms in total. The summed E-state index contributed by atoms with van der Waals surface area (Å²) in [7, 11) is 0. The minimum Gasteiger partial charge on any atom is -0.452 e. The number of amides is 2. The van der Waals surface area contributed by atoms with E-state index >= 15 is 0 Å². The maximum absolute atomic E-state index is 12.9. The third-order valence-corrected chi connectivity index (χ3v) is 3.81. The van der Waals surface area contributed by atoms with E-state index in [-0.39, 0.29) is 29.0 Å². The number of rotatable bonds is 4. The Balaban J connectivity index is 1.85. The molecule has 0 aromatic heterocycles. The molecular formula is C15H18FN3O4. The number of anilines is 1. The fourth-order valence-corrected chi connectivity index (χ4v) is 2.43. The zero-order valence-electron chi connectivity index (χ0n) is 12.5. The molecular weight excluding hydrogens is 305 g/mol. The molecule has 1 heterocycles. The Morgan fingerprint density at radius 3 is 2.48 bits per heavy atom. The van der Waals surface area contributed by atoms with Crippen LogP contribution in [0.5, 0.6) is 0 Å². The highest BCUT2D eigenvalue weighted by molar-refractivity contribution is 5.96. The molecule has 1 aliphatic rings. The largest absolute Gasteiger partial charge is 0.452 e. The number of hydrogen-bond acceptors (Lipinski definition) is 5. The van der Waals surface area contributed by atoms with Crippen molar-refractivity contribution in [3.8, 4) is 0 Å². The summed E-state index contributed by atoms with van der Waals surface area (Å²) < 4.78 is 17.8. The van der Waals surface area contributed by atoms with Gasteiger partial charge in [-0.05, 0) is 31.0 Å². The van der Waals surface area contributed by atoms with Crippen LogP contribution in [0.3, 0.4) is 0 Å². The average molecular weight is 323 g/mol. The molecule has 1 fully saturated rings. The number of piperidine rings is 1. The van der Waals surface area contributed by atoms with Crippen molar-refractivity contribution >= 4 is 23.5 Å². The maximum atomic E-state index is 12.9. The molecule has 2 rings (SSSR count). The summed E-state index contributed by atoms with van der Waals surface area (Å²) in [5, 5.41) is 0. The van der Waals surface area contributed by atoms with Gasteiger partial charge < -0.3 is 21.1 Å². The van der Waals surface area contributed by atoms with Gasteiger partial charge in [-0.25, -0.2) is 9.18 Å². The Bertz CT molecular complexity index is 627. The van der Waals surface area contributed by atoms with E-state index in [0.29, 0.717) is 25.9 Å². The van der Waals surface area contributed by atoms with Crippen LogP contribution in [0.1, 0.15) is 23.2 Å². The molecule has 0 atom stereocenters. The SMILES string of the molecule is NC(=O)C1CCN(C(=O)COC(=O)c2ccc(F)cc2N)CC1. The van der Waals surface area contributed by atoms with Crippen LogP contribution in [0.4, 0.5) is 10.1 Å². The lowest BCUT2D eigenvalue weighted by molar-refractivity contribution is -0.137. The van der Waals surface area contributed by atoms with Gasteiger partial charge in [0.15, 0.2) is 6.61 Å². The smallest absolute Gasteiger partial charge is 0.340 e. The maximum Gasteiger partial charge on any atom is 0.340 e. The van der Waals surface area contributed by atoms with Gasteiger partial charge in [-0.15, -0.1) is 0 Å². The number of carbonyl (C=O) groups is 3. The van der Waals surface area contributed by atoms with Crippen LogP contribution < -0.4 is 11.5 Å². The summed E-state index contributed by atoms with van der Waals surface area (Å²) in [5.41, 5.74) is 10.7. The highest BCUT2D eigenvalue weighted by Crippen LogP contribution is 2.17. The summed E-state index contributed by atoms with van der Waals surface area (Å²) in [5.74, 6) is -2.30.